The Morgan fingerprint density at radius 1 is 1.42 bits per heavy atom. The molecule has 0 saturated carbocycles. The van der Waals surface area contributed by atoms with E-state index in [0.29, 0.717) is 11.4 Å². The fourth-order valence-corrected chi connectivity index (χ4v) is 3.16. The molecule has 2 N–H and O–H groups in total. The van der Waals surface area contributed by atoms with Gasteiger partial charge in [0.05, 0.1) is 41.3 Å². The molecule has 26 heavy (non-hydrogen) atoms. The number of benzene rings is 1. The highest BCUT2D eigenvalue weighted by Gasteiger charge is 2.38. The van der Waals surface area contributed by atoms with Crippen LogP contribution < -0.4 is 5.32 Å². The smallest absolute Gasteiger partial charge is 0.394 e. The minimum absolute atomic E-state index is 0.0747. The van der Waals surface area contributed by atoms with Crippen LogP contribution in [0, 0.1) is 0 Å². The van der Waals surface area contributed by atoms with Crippen molar-refractivity contribution in [2.24, 2.45) is 0 Å². The SMILES string of the molecule is CC(CO)n1c(C(F)(F)F)nc2cc(NC(=O)Cc3cscn3)ccc21. The van der Waals surface area contributed by atoms with Gasteiger partial charge >= 0.3 is 6.18 Å². The molecule has 0 aliphatic rings. The number of aliphatic hydroxyl groups excluding tert-OH is 1. The molecule has 3 rings (SSSR count). The molecule has 0 spiro atoms. The van der Waals surface area contributed by atoms with Gasteiger partial charge in [0, 0.05) is 11.1 Å². The van der Waals surface area contributed by atoms with Gasteiger partial charge < -0.3 is 15.0 Å². The van der Waals surface area contributed by atoms with E-state index in [1.165, 1.54) is 36.5 Å². The maximum absolute atomic E-state index is 13.3. The molecule has 1 atom stereocenters. The van der Waals surface area contributed by atoms with Gasteiger partial charge in [0.2, 0.25) is 11.7 Å². The number of halogens is 3. The molecule has 2 aromatic heterocycles. The van der Waals surface area contributed by atoms with E-state index in [2.05, 4.69) is 15.3 Å². The number of carbonyl (C=O) groups is 1. The number of aromatic nitrogens is 3. The number of rotatable bonds is 5. The highest BCUT2D eigenvalue weighted by Crippen LogP contribution is 2.34. The minimum atomic E-state index is -4.66. The van der Waals surface area contributed by atoms with Crippen molar-refractivity contribution in [1.82, 2.24) is 14.5 Å². The van der Waals surface area contributed by atoms with Crippen LogP contribution in [0.4, 0.5) is 18.9 Å². The number of aliphatic hydroxyl groups is 1. The molecule has 0 radical (unpaired) electrons. The Balaban J connectivity index is 1.92. The summed E-state index contributed by atoms with van der Waals surface area (Å²) >= 11 is 1.37. The Kier molecular flexibility index (Phi) is 4.97. The maximum Gasteiger partial charge on any atom is 0.449 e. The number of hydrogen-bond donors (Lipinski definition) is 2. The van der Waals surface area contributed by atoms with Crippen molar-refractivity contribution in [2.75, 3.05) is 11.9 Å². The van der Waals surface area contributed by atoms with Crippen molar-refractivity contribution in [3.05, 3.63) is 40.6 Å². The van der Waals surface area contributed by atoms with E-state index in [1.54, 1.807) is 10.9 Å². The molecule has 138 valence electrons. The fourth-order valence-electron chi connectivity index (χ4n) is 2.60. The fraction of sp³-hybridized carbons (Fsp3) is 0.312. The maximum atomic E-state index is 13.3. The van der Waals surface area contributed by atoms with Gasteiger partial charge in [-0.2, -0.15) is 13.2 Å². The molecule has 0 aliphatic heterocycles. The van der Waals surface area contributed by atoms with E-state index < -0.39 is 24.6 Å². The zero-order valence-electron chi connectivity index (χ0n) is 13.6. The zero-order chi connectivity index (χ0) is 18.9. The standard InChI is InChI=1S/C16H15F3N4O2S/c1-9(6-24)23-13-3-2-10(4-12(13)22-15(23)16(17,18)19)21-14(25)5-11-7-26-8-20-11/h2-4,7-9,24H,5-6H2,1H3,(H,21,25). The van der Waals surface area contributed by atoms with Crippen molar-refractivity contribution in [3.63, 3.8) is 0 Å². The average Bonchev–Trinajstić information content (AvgIpc) is 3.20. The summed E-state index contributed by atoms with van der Waals surface area (Å²) in [5, 5.41) is 13.6. The summed E-state index contributed by atoms with van der Waals surface area (Å²) in [6.45, 7) is 1.01. The van der Waals surface area contributed by atoms with Crippen LogP contribution in [0.15, 0.2) is 29.1 Å². The molecular formula is C16H15F3N4O2S. The molecule has 3 aromatic rings. The van der Waals surface area contributed by atoms with E-state index in [-0.39, 0.29) is 23.4 Å². The first-order valence-corrected chi connectivity index (χ1v) is 8.61. The number of hydrogen-bond acceptors (Lipinski definition) is 5. The number of imidazole rings is 1. The lowest BCUT2D eigenvalue weighted by Gasteiger charge is -2.16. The van der Waals surface area contributed by atoms with E-state index >= 15 is 0 Å². The Hall–Kier alpha value is -2.46. The zero-order valence-corrected chi connectivity index (χ0v) is 14.4. The minimum Gasteiger partial charge on any atom is -0.394 e. The lowest BCUT2D eigenvalue weighted by molar-refractivity contribution is -0.147. The Morgan fingerprint density at radius 2 is 2.19 bits per heavy atom. The molecule has 2 heterocycles. The second-order valence-corrected chi connectivity index (χ2v) is 6.46. The van der Waals surface area contributed by atoms with Crippen molar-refractivity contribution in [1.29, 1.82) is 0 Å². The van der Waals surface area contributed by atoms with Gasteiger partial charge in [-0.3, -0.25) is 4.79 Å². The van der Waals surface area contributed by atoms with Gasteiger partial charge in [-0.25, -0.2) is 9.97 Å². The van der Waals surface area contributed by atoms with Gasteiger partial charge in [0.25, 0.3) is 0 Å². The summed E-state index contributed by atoms with van der Waals surface area (Å²) < 4.78 is 40.7. The number of fused-ring (bicyclic) bond motifs is 1. The third-order valence-electron chi connectivity index (χ3n) is 3.76. The number of nitrogens with zero attached hydrogens (tertiary/aromatic N) is 3. The van der Waals surface area contributed by atoms with Crippen LogP contribution in [0.5, 0.6) is 0 Å². The van der Waals surface area contributed by atoms with Gasteiger partial charge in [0.1, 0.15) is 0 Å². The molecule has 6 nitrogen and oxygen atoms in total. The Bertz CT molecular complexity index is 922. The van der Waals surface area contributed by atoms with Crippen LogP contribution >= 0.6 is 11.3 Å². The van der Waals surface area contributed by atoms with E-state index in [4.69, 9.17) is 0 Å². The summed E-state index contributed by atoms with van der Waals surface area (Å²) in [6, 6.07) is 3.54. The van der Waals surface area contributed by atoms with Gasteiger partial charge in [-0.1, -0.05) is 0 Å². The summed E-state index contributed by atoms with van der Waals surface area (Å²) in [7, 11) is 0. The molecule has 0 fully saturated rings. The monoisotopic (exact) mass is 384 g/mol. The van der Waals surface area contributed by atoms with Crippen LogP contribution in [0.2, 0.25) is 0 Å². The van der Waals surface area contributed by atoms with Gasteiger partial charge in [-0.15, -0.1) is 11.3 Å². The molecule has 1 amide bonds. The van der Waals surface area contributed by atoms with Crippen molar-refractivity contribution in [3.8, 4) is 0 Å². The molecule has 0 bridgehead atoms. The largest absolute Gasteiger partial charge is 0.449 e. The molecule has 1 aromatic carbocycles. The third-order valence-corrected chi connectivity index (χ3v) is 4.39. The number of nitrogens with one attached hydrogen (secondary N) is 1. The van der Waals surface area contributed by atoms with Crippen molar-refractivity contribution >= 4 is 34.0 Å². The lowest BCUT2D eigenvalue weighted by Crippen LogP contribution is -2.19. The number of anilines is 1. The Labute approximate surface area is 150 Å². The molecule has 1 unspecified atom stereocenters. The summed E-state index contributed by atoms with van der Waals surface area (Å²) in [5.74, 6) is -1.41. The van der Waals surface area contributed by atoms with Crippen LogP contribution in [0.25, 0.3) is 11.0 Å². The van der Waals surface area contributed by atoms with Gasteiger partial charge in [-0.05, 0) is 25.1 Å². The van der Waals surface area contributed by atoms with Crippen LogP contribution in [-0.2, 0) is 17.4 Å². The molecule has 10 heteroatoms. The highest BCUT2D eigenvalue weighted by molar-refractivity contribution is 7.07. The first-order valence-electron chi connectivity index (χ1n) is 7.66. The van der Waals surface area contributed by atoms with Crippen LogP contribution in [0.3, 0.4) is 0 Å². The van der Waals surface area contributed by atoms with E-state index in [9.17, 15) is 23.1 Å². The number of carbonyl (C=O) groups excluding carboxylic acids is 1. The second-order valence-electron chi connectivity index (χ2n) is 5.74. The number of alkyl halides is 3. The van der Waals surface area contributed by atoms with E-state index in [0.717, 1.165) is 4.57 Å². The van der Waals surface area contributed by atoms with Crippen molar-refractivity contribution < 1.29 is 23.1 Å². The molecule has 0 saturated heterocycles. The molecular weight excluding hydrogens is 369 g/mol. The predicted octanol–water partition coefficient (Wildman–Crippen LogP) is 3.25. The lowest BCUT2D eigenvalue weighted by atomic mass is 10.2. The first-order chi connectivity index (χ1) is 12.3. The highest BCUT2D eigenvalue weighted by atomic mass is 32.1. The van der Waals surface area contributed by atoms with E-state index in [1.807, 2.05) is 0 Å². The quantitative estimate of drug-likeness (QED) is 0.708. The summed E-state index contributed by atoms with van der Waals surface area (Å²) in [4.78, 5) is 19.7. The topological polar surface area (TPSA) is 80.0 Å². The average molecular weight is 384 g/mol. The summed E-state index contributed by atoms with van der Waals surface area (Å²) in [6.07, 6.45) is -4.58. The first kappa shape index (κ1) is 18.3. The second kappa shape index (κ2) is 7.04. The number of amides is 1. The van der Waals surface area contributed by atoms with Crippen LogP contribution in [0.1, 0.15) is 24.5 Å². The number of thiazole rings is 1. The van der Waals surface area contributed by atoms with Crippen molar-refractivity contribution in [2.45, 2.75) is 25.6 Å². The van der Waals surface area contributed by atoms with Crippen LogP contribution in [-0.4, -0.2) is 32.2 Å². The predicted molar refractivity (Wildman–Crippen MR) is 91.0 cm³/mol. The molecule has 0 aliphatic carbocycles. The normalized spacial score (nSPS) is 13.1. The summed E-state index contributed by atoms with van der Waals surface area (Å²) in [5.41, 5.74) is 2.89. The third kappa shape index (κ3) is 3.70. The van der Waals surface area contributed by atoms with Gasteiger partial charge in [0.15, 0.2) is 0 Å². The Morgan fingerprint density at radius 3 is 2.81 bits per heavy atom.